The number of nitrogen functional groups attached to an aromatic ring is 1. The molecule has 4 aromatic rings. The minimum absolute atomic E-state index is 0.460. The van der Waals surface area contributed by atoms with Crippen LogP contribution in [0, 0.1) is 13.8 Å². The lowest BCUT2D eigenvalue weighted by atomic mass is 10.1. The van der Waals surface area contributed by atoms with Crippen molar-refractivity contribution in [1.82, 2.24) is 25.0 Å². The van der Waals surface area contributed by atoms with Crippen molar-refractivity contribution in [2.45, 2.75) is 24.8 Å². The summed E-state index contributed by atoms with van der Waals surface area (Å²) >= 11 is 1.40. The van der Waals surface area contributed by atoms with Crippen molar-refractivity contribution >= 4 is 11.8 Å². The van der Waals surface area contributed by atoms with E-state index in [-0.39, 0.29) is 0 Å². The second-order valence-electron chi connectivity index (χ2n) is 6.21. The number of rotatable bonds is 5. The molecule has 0 unspecified atom stereocenters. The number of aryl methyl sites for hydroxylation is 2. The number of nitrogens with two attached hydrogens (primary N) is 1. The van der Waals surface area contributed by atoms with Crippen LogP contribution in [0.2, 0.25) is 0 Å². The monoisotopic (exact) mass is 378 g/mol. The van der Waals surface area contributed by atoms with Crippen LogP contribution in [0.1, 0.15) is 17.0 Å². The molecule has 0 aliphatic carbocycles. The highest BCUT2D eigenvalue weighted by atomic mass is 32.2. The molecule has 0 radical (unpaired) electrons. The first-order chi connectivity index (χ1) is 13.1. The average Bonchev–Trinajstić information content (AvgIpc) is 3.28. The molecular formula is C19H18N6OS. The second kappa shape index (κ2) is 7.24. The summed E-state index contributed by atoms with van der Waals surface area (Å²) in [6.45, 7) is 4.07. The van der Waals surface area contributed by atoms with Gasteiger partial charge in [-0.25, -0.2) is 4.68 Å². The van der Waals surface area contributed by atoms with Crippen LogP contribution in [0.25, 0.3) is 22.8 Å². The van der Waals surface area contributed by atoms with Gasteiger partial charge in [-0.3, -0.25) is 0 Å². The Hall–Kier alpha value is -3.13. The van der Waals surface area contributed by atoms with Gasteiger partial charge in [0.15, 0.2) is 5.82 Å². The second-order valence-corrected chi connectivity index (χ2v) is 7.15. The number of hydrogen-bond donors (Lipinski definition) is 1. The van der Waals surface area contributed by atoms with Gasteiger partial charge in [-0.2, -0.15) is 4.98 Å². The molecular weight excluding hydrogens is 360 g/mol. The van der Waals surface area contributed by atoms with Crippen molar-refractivity contribution in [1.29, 1.82) is 0 Å². The summed E-state index contributed by atoms with van der Waals surface area (Å²) in [5, 5.41) is 13.0. The van der Waals surface area contributed by atoms with Gasteiger partial charge >= 0.3 is 0 Å². The van der Waals surface area contributed by atoms with Gasteiger partial charge in [0.2, 0.25) is 16.9 Å². The molecule has 4 rings (SSSR count). The molecule has 0 amide bonds. The highest BCUT2D eigenvalue weighted by molar-refractivity contribution is 7.98. The van der Waals surface area contributed by atoms with E-state index < -0.39 is 0 Å². The zero-order chi connectivity index (χ0) is 18.8. The fraction of sp³-hybridized carbons (Fsp3) is 0.158. The maximum atomic E-state index is 6.15. The third kappa shape index (κ3) is 3.70. The SMILES string of the molecule is Cc1ccc(-c2noc(CSc3nnc(-c4ccc(C)cc4)n3N)n2)cc1. The lowest BCUT2D eigenvalue weighted by Crippen LogP contribution is -2.11. The van der Waals surface area contributed by atoms with Crippen molar-refractivity contribution in [2.75, 3.05) is 5.84 Å². The van der Waals surface area contributed by atoms with Gasteiger partial charge < -0.3 is 10.4 Å². The Morgan fingerprint density at radius 1 is 0.926 bits per heavy atom. The minimum Gasteiger partial charge on any atom is -0.338 e. The first kappa shape index (κ1) is 17.3. The largest absolute Gasteiger partial charge is 0.338 e. The molecule has 0 bridgehead atoms. The van der Waals surface area contributed by atoms with E-state index >= 15 is 0 Å². The lowest BCUT2D eigenvalue weighted by molar-refractivity contribution is 0.391. The van der Waals surface area contributed by atoms with E-state index in [0.717, 1.165) is 11.1 Å². The molecule has 0 atom stereocenters. The Labute approximate surface area is 160 Å². The van der Waals surface area contributed by atoms with E-state index in [1.54, 1.807) is 0 Å². The van der Waals surface area contributed by atoms with E-state index in [1.165, 1.54) is 27.6 Å². The summed E-state index contributed by atoms with van der Waals surface area (Å²) in [7, 11) is 0. The van der Waals surface area contributed by atoms with Gasteiger partial charge in [-0.15, -0.1) is 10.2 Å². The smallest absolute Gasteiger partial charge is 0.237 e. The Bertz CT molecular complexity index is 1050. The molecule has 0 aliphatic heterocycles. The molecule has 8 heteroatoms. The molecule has 2 aromatic carbocycles. The predicted octanol–water partition coefficient (Wildman–Crippen LogP) is 3.62. The molecule has 0 spiro atoms. The molecule has 2 N–H and O–H groups in total. The zero-order valence-electron chi connectivity index (χ0n) is 15.0. The summed E-state index contributed by atoms with van der Waals surface area (Å²) in [6, 6.07) is 16.0. The molecule has 2 heterocycles. The number of aromatic nitrogens is 5. The van der Waals surface area contributed by atoms with E-state index in [1.807, 2.05) is 62.4 Å². The topological polar surface area (TPSA) is 95.7 Å². The first-order valence-electron chi connectivity index (χ1n) is 8.40. The fourth-order valence-corrected chi connectivity index (χ4v) is 3.23. The van der Waals surface area contributed by atoms with Gasteiger partial charge in [0.1, 0.15) is 0 Å². The molecule has 136 valence electrons. The van der Waals surface area contributed by atoms with Crippen LogP contribution in [-0.4, -0.2) is 25.0 Å². The molecule has 0 saturated heterocycles. The Morgan fingerprint density at radius 2 is 1.56 bits per heavy atom. The average molecular weight is 378 g/mol. The van der Waals surface area contributed by atoms with Crippen molar-refractivity contribution < 1.29 is 4.52 Å². The van der Waals surface area contributed by atoms with Crippen molar-refractivity contribution in [3.8, 4) is 22.8 Å². The van der Waals surface area contributed by atoms with E-state index in [9.17, 15) is 0 Å². The third-order valence-corrected chi connectivity index (χ3v) is 5.00. The highest BCUT2D eigenvalue weighted by Gasteiger charge is 2.14. The standard InChI is InChI=1S/C19H18N6OS/c1-12-3-7-14(8-4-12)17-21-16(26-24-17)11-27-19-23-22-18(25(19)20)15-9-5-13(2)6-10-15/h3-10H,11,20H2,1-2H3. The third-order valence-electron chi connectivity index (χ3n) is 4.08. The summed E-state index contributed by atoms with van der Waals surface area (Å²) in [4.78, 5) is 4.43. The van der Waals surface area contributed by atoms with Crippen LogP contribution in [0.5, 0.6) is 0 Å². The summed E-state index contributed by atoms with van der Waals surface area (Å²) in [5.41, 5.74) is 4.20. The normalized spacial score (nSPS) is 11.0. The Kier molecular flexibility index (Phi) is 4.64. The maximum absolute atomic E-state index is 6.15. The summed E-state index contributed by atoms with van der Waals surface area (Å²) < 4.78 is 6.81. The van der Waals surface area contributed by atoms with Crippen molar-refractivity contribution in [2.24, 2.45) is 0 Å². The van der Waals surface area contributed by atoms with Gasteiger partial charge in [0.05, 0.1) is 5.75 Å². The van der Waals surface area contributed by atoms with E-state index in [0.29, 0.717) is 28.4 Å². The number of hydrogen-bond acceptors (Lipinski definition) is 7. The van der Waals surface area contributed by atoms with Crippen LogP contribution in [0.3, 0.4) is 0 Å². The highest BCUT2D eigenvalue weighted by Crippen LogP contribution is 2.25. The Morgan fingerprint density at radius 3 is 2.22 bits per heavy atom. The van der Waals surface area contributed by atoms with Crippen LogP contribution in [0.15, 0.2) is 58.2 Å². The van der Waals surface area contributed by atoms with Gasteiger partial charge in [-0.05, 0) is 13.8 Å². The van der Waals surface area contributed by atoms with Crippen molar-refractivity contribution in [3.05, 3.63) is 65.5 Å². The van der Waals surface area contributed by atoms with Crippen LogP contribution in [0.4, 0.5) is 0 Å². The molecule has 27 heavy (non-hydrogen) atoms. The molecule has 0 saturated carbocycles. The molecule has 7 nitrogen and oxygen atoms in total. The summed E-state index contributed by atoms with van der Waals surface area (Å²) in [5.74, 6) is 8.31. The predicted molar refractivity (Wildman–Crippen MR) is 104 cm³/mol. The number of thioether (sulfide) groups is 1. The Balaban J connectivity index is 1.46. The summed E-state index contributed by atoms with van der Waals surface area (Å²) in [6.07, 6.45) is 0. The van der Waals surface area contributed by atoms with Gasteiger partial charge in [0.25, 0.3) is 0 Å². The van der Waals surface area contributed by atoms with Crippen molar-refractivity contribution in [3.63, 3.8) is 0 Å². The number of nitrogens with zero attached hydrogens (tertiary/aromatic N) is 5. The van der Waals surface area contributed by atoms with Gasteiger partial charge in [-0.1, -0.05) is 76.6 Å². The van der Waals surface area contributed by atoms with Crippen LogP contribution >= 0.6 is 11.8 Å². The molecule has 0 aliphatic rings. The lowest BCUT2D eigenvalue weighted by Gasteiger charge is -2.03. The van der Waals surface area contributed by atoms with E-state index in [4.69, 9.17) is 10.4 Å². The quantitative estimate of drug-likeness (QED) is 0.418. The minimum atomic E-state index is 0.460. The zero-order valence-corrected chi connectivity index (χ0v) is 15.8. The maximum Gasteiger partial charge on any atom is 0.237 e. The van der Waals surface area contributed by atoms with Crippen LogP contribution < -0.4 is 5.84 Å². The van der Waals surface area contributed by atoms with Gasteiger partial charge in [0, 0.05) is 11.1 Å². The molecule has 2 aromatic heterocycles. The molecule has 0 fully saturated rings. The van der Waals surface area contributed by atoms with Crippen LogP contribution in [-0.2, 0) is 5.75 Å². The first-order valence-corrected chi connectivity index (χ1v) is 9.38. The number of benzene rings is 2. The fourth-order valence-electron chi connectivity index (χ4n) is 2.53. The van der Waals surface area contributed by atoms with E-state index in [2.05, 4.69) is 20.3 Å².